The second kappa shape index (κ2) is 6.74. The summed E-state index contributed by atoms with van der Waals surface area (Å²) >= 11 is 0. The zero-order valence-corrected chi connectivity index (χ0v) is 19.0. The van der Waals surface area contributed by atoms with Gasteiger partial charge in [0.2, 0.25) is 0 Å². The Morgan fingerprint density at radius 3 is 2.13 bits per heavy atom. The van der Waals surface area contributed by atoms with Gasteiger partial charge in [-0.05, 0) is 87.7 Å². The van der Waals surface area contributed by atoms with E-state index in [4.69, 9.17) is 9.47 Å². The SMILES string of the molecule is COc1ccc(S(=O)(=O)n2nc(C)c(C34CC5CC(CC(C5)C3)C4)c2C)c(OC)c1. The minimum absolute atomic E-state index is 0.0979. The van der Waals surface area contributed by atoms with Crippen LogP contribution in [0.15, 0.2) is 23.1 Å². The number of rotatable bonds is 5. The standard InChI is InChI=1S/C23H30N2O4S/c1-14-22(23-11-16-7-17(12-23)9-18(8-16)13-23)15(2)25(24-14)30(26,27)21-6-5-19(28-3)10-20(21)29-4/h5-6,10,16-18H,7-9,11-13H2,1-4H3. The summed E-state index contributed by atoms with van der Waals surface area (Å²) in [7, 11) is -0.874. The Morgan fingerprint density at radius 1 is 1.00 bits per heavy atom. The van der Waals surface area contributed by atoms with E-state index in [1.807, 2.05) is 13.8 Å². The van der Waals surface area contributed by atoms with Crippen molar-refractivity contribution in [3.05, 3.63) is 35.2 Å². The predicted molar refractivity (Wildman–Crippen MR) is 114 cm³/mol. The molecule has 4 saturated carbocycles. The molecule has 0 aliphatic heterocycles. The van der Waals surface area contributed by atoms with Crippen LogP contribution < -0.4 is 9.47 Å². The van der Waals surface area contributed by atoms with Crippen molar-refractivity contribution in [2.75, 3.05) is 14.2 Å². The van der Waals surface area contributed by atoms with Crippen molar-refractivity contribution in [2.24, 2.45) is 17.8 Å². The molecule has 6 rings (SSSR count). The van der Waals surface area contributed by atoms with E-state index < -0.39 is 10.0 Å². The predicted octanol–water partition coefficient (Wildman–Crippen LogP) is 4.22. The normalized spacial score (nSPS) is 29.9. The molecule has 0 saturated heterocycles. The maximum Gasteiger partial charge on any atom is 0.286 e. The minimum Gasteiger partial charge on any atom is -0.497 e. The molecule has 30 heavy (non-hydrogen) atoms. The summed E-state index contributed by atoms with van der Waals surface area (Å²) in [6.45, 7) is 3.89. The molecule has 2 aromatic rings. The quantitative estimate of drug-likeness (QED) is 0.710. The number of aromatic nitrogens is 2. The number of methoxy groups -OCH3 is 2. The molecule has 162 valence electrons. The number of nitrogens with zero attached hydrogens (tertiary/aromatic N) is 2. The first-order valence-corrected chi connectivity index (χ1v) is 12.3. The van der Waals surface area contributed by atoms with Crippen molar-refractivity contribution < 1.29 is 17.9 Å². The van der Waals surface area contributed by atoms with Crippen molar-refractivity contribution in [1.29, 1.82) is 0 Å². The molecule has 1 aromatic heterocycles. The number of benzene rings is 1. The molecule has 0 atom stereocenters. The molecular weight excluding hydrogens is 400 g/mol. The second-order valence-electron chi connectivity index (χ2n) is 9.61. The first-order valence-electron chi connectivity index (χ1n) is 10.8. The molecule has 1 heterocycles. The molecule has 0 spiro atoms. The maximum atomic E-state index is 13.6. The van der Waals surface area contributed by atoms with Crippen LogP contribution in [0, 0.1) is 31.6 Å². The average molecular weight is 431 g/mol. The van der Waals surface area contributed by atoms with Crippen LogP contribution in [0.5, 0.6) is 11.5 Å². The highest BCUT2D eigenvalue weighted by molar-refractivity contribution is 7.90. The lowest BCUT2D eigenvalue weighted by Crippen LogP contribution is -2.49. The fraction of sp³-hybridized carbons (Fsp3) is 0.609. The fourth-order valence-electron chi connectivity index (χ4n) is 7.12. The Kier molecular flexibility index (Phi) is 4.47. The lowest BCUT2D eigenvalue weighted by Gasteiger charge is -2.57. The Bertz CT molecular complexity index is 1070. The molecule has 4 aliphatic rings. The molecule has 0 radical (unpaired) electrons. The van der Waals surface area contributed by atoms with Gasteiger partial charge >= 0.3 is 0 Å². The number of hydrogen-bond acceptors (Lipinski definition) is 5. The Morgan fingerprint density at radius 2 is 1.60 bits per heavy atom. The van der Waals surface area contributed by atoms with Crippen LogP contribution in [0.2, 0.25) is 0 Å². The number of hydrogen-bond donors (Lipinski definition) is 0. The third kappa shape index (κ3) is 2.81. The van der Waals surface area contributed by atoms with Gasteiger partial charge in [-0.25, -0.2) is 0 Å². The Labute approximate surface area is 178 Å². The van der Waals surface area contributed by atoms with E-state index in [2.05, 4.69) is 5.10 Å². The van der Waals surface area contributed by atoms with Crippen molar-refractivity contribution >= 4 is 10.0 Å². The van der Waals surface area contributed by atoms with Crippen LogP contribution in [0.25, 0.3) is 0 Å². The summed E-state index contributed by atoms with van der Waals surface area (Å²) in [5.41, 5.74) is 2.89. The third-order valence-corrected chi connectivity index (χ3v) is 9.40. The van der Waals surface area contributed by atoms with E-state index in [9.17, 15) is 8.42 Å². The molecule has 1 aromatic carbocycles. The minimum atomic E-state index is -3.89. The maximum absolute atomic E-state index is 13.6. The van der Waals surface area contributed by atoms with Gasteiger partial charge in [0.25, 0.3) is 10.0 Å². The van der Waals surface area contributed by atoms with Crippen LogP contribution in [-0.2, 0) is 15.4 Å². The number of aryl methyl sites for hydroxylation is 1. The van der Waals surface area contributed by atoms with Crippen molar-refractivity contribution in [3.8, 4) is 11.5 Å². The Hall–Kier alpha value is -2.02. The largest absolute Gasteiger partial charge is 0.497 e. The first-order chi connectivity index (χ1) is 14.3. The lowest BCUT2D eigenvalue weighted by molar-refractivity contribution is -0.00574. The van der Waals surface area contributed by atoms with Gasteiger partial charge in [0.05, 0.1) is 25.6 Å². The molecule has 4 bridgehead atoms. The highest BCUT2D eigenvalue weighted by Crippen LogP contribution is 2.61. The molecule has 6 nitrogen and oxygen atoms in total. The van der Waals surface area contributed by atoms with Gasteiger partial charge in [-0.3, -0.25) is 0 Å². The van der Waals surface area contributed by atoms with Crippen molar-refractivity contribution in [2.45, 2.75) is 62.7 Å². The van der Waals surface area contributed by atoms with Gasteiger partial charge in [-0.2, -0.15) is 17.6 Å². The summed E-state index contributed by atoms with van der Waals surface area (Å²) in [6, 6.07) is 4.77. The van der Waals surface area contributed by atoms with E-state index in [0.717, 1.165) is 29.1 Å². The topological polar surface area (TPSA) is 70.4 Å². The summed E-state index contributed by atoms with van der Waals surface area (Å²) < 4.78 is 39.0. The van der Waals surface area contributed by atoms with E-state index >= 15 is 0 Å². The highest BCUT2D eigenvalue weighted by atomic mass is 32.2. The molecule has 0 amide bonds. The third-order valence-electron chi connectivity index (χ3n) is 7.70. The van der Waals surface area contributed by atoms with Crippen LogP contribution in [0.3, 0.4) is 0 Å². The van der Waals surface area contributed by atoms with Gasteiger partial charge in [-0.15, -0.1) is 0 Å². The average Bonchev–Trinajstić information content (AvgIpc) is 3.01. The van der Waals surface area contributed by atoms with Gasteiger partial charge in [0.15, 0.2) is 0 Å². The second-order valence-corrected chi connectivity index (χ2v) is 11.3. The van der Waals surface area contributed by atoms with E-state index in [0.29, 0.717) is 5.75 Å². The summed E-state index contributed by atoms with van der Waals surface area (Å²) in [5.74, 6) is 3.18. The summed E-state index contributed by atoms with van der Waals surface area (Å²) in [4.78, 5) is 0.105. The van der Waals surface area contributed by atoms with Gasteiger partial charge in [-0.1, -0.05) is 0 Å². The van der Waals surface area contributed by atoms with Crippen LogP contribution >= 0.6 is 0 Å². The lowest BCUT2D eigenvalue weighted by atomic mass is 9.48. The van der Waals surface area contributed by atoms with Gasteiger partial charge in [0.1, 0.15) is 16.4 Å². The van der Waals surface area contributed by atoms with E-state index in [-0.39, 0.29) is 16.1 Å². The molecule has 7 heteroatoms. The van der Waals surface area contributed by atoms with E-state index in [1.165, 1.54) is 61.4 Å². The fourth-order valence-corrected chi connectivity index (χ4v) is 8.62. The zero-order chi connectivity index (χ0) is 21.3. The summed E-state index contributed by atoms with van der Waals surface area (Å²) in [5, 5.41) is 4.58. The zero-order valence-electron chi connectivity index (χ0n) is 18.1. The molecular formula is C23H30N2O4S. The molecule has 0 N–H and O–H groups in total. The monoisotopic (exact) mass is 430 g/mol. The smallest absolute Gasteiger partial charge is 0.286 e. The molecule has 4 fully saturated rings. The highest BCUT2D eigenvalue weighted by Gasteiger charge is 2.53. The van der Waals surface area contributed by atoms with Gasteiger partial charge < -0.3 is 9.47 Å². The van der Waals surface area contributed by atoms with Gasteiger partial charge in [0, 0.05) is 11.6 Å². The molecule has 0 unspecified atom stereocenters. The van der Waals surface area contributed by atoms with Crippen molar-refractivity contribution in [3.63, 3.8) is 0 Å². The van der Waals surface area contributed by atoms with E-state index in [1.54, 1.807) is 19.2 Å². The number of ether oxygens (including phenoxy) is 2. The first kappa shape index (κ1) is 19.9. The van der Waals surface area contributed by atoms with Crippen LogP contribution in [0.1, 0.15) is 55.5 Å². The summed E-state index contributed by atoms with van der Waals surface area (Å²) in [6.07, 6.45) is 7.60. The van der Waals surface area contributed by atoms with Crippen LogP contribution in [-0.4, -0.2) is 31.8 Å². The Balaban J connectivity index is 1.61. The van der Waals surface area contributed by atoms with Crippen molar-refractivity contribution in [1.82, 2.24) is 9.19 Å². The molecule has 4 aliphatic carbocycles. The van der Waals surface area contributed by atoms with Crippen LogP contribution in [0.4, 0.5) is 0 Å².